The summed E-state index contributed by atoms with van der Waals surface area (Å²) in [5.74, 6) is -0.498. The first-order valence-electron chi connectivity index (χ1n) is 9.94. The molecule has 0 spiro atoms. The van der Waals surface area contributed by atoms with Crippen molar-refractivity contribution < 1.29 is 14.3 Å². The SMILES string of the molecule is O=C(CSc1nc2ccccc2c(=O)n1CC1CCCO1)NC(=O)NCc1cccs1. The molecule has 3 heterocycles. The second kappa shape index (κ2) is 10.1. The molecule has 1 aromatic carbocycles. The third-order valence-corrected chi connectivity index (χ3v) is 6.68. The van der Waals surface area contributed by atoms with Crippen LogP contribution in [0.5, 0.6) is 0 Å². The largest absolute Gasteiger partial charge is 0.376 e. The van der Waals surface area contributed by atoms with Crippen LogP contribution >= 0.6 is 23.1 Å². The van der Waals surface area contributed by atoms with E-state index in [1.165, 1.54) is 11.3 Å². The summed E-state index contributed by atoms with van der Waals surface area (Å²) in [6, 6.07) is 10.4. The van der Waals surface area contributed by atoms with Crippen molar-refractivity contribution in [3.05, 3.63) is 57.0 Å². The van der Waals surface area contributed by atoms with Gasteiger partial charge in [-0.15, -0.1) is 11.3 Å². The molecule has 1 unspecified atom stereocenters. The zero-order valence-corrected chi connectivity index (χ0v) is 18.3. The van der Waals surface area contributed by atoms with Crippen molar-refractivity contribution in [1.82, 2.24) is 20.2 Å². The van der Waals surface area contributed by atoms with Crippen LogP contribution in [0.3, 0.4) is 0 Å². The minimum absolute atomic E-state index is 0.0390. The van der Waals surface area contributed by atoms with Crippen LogP contribution in [0, 0.1) is 0 Å². The first-order valence-corrected chi connectivity index (χ1v) is 11.8. The fourth-order valence-electron chi connectivity index (χ4n) is 3.33. The molecule has 10 heteroatoms. The van der Waals surface area contributed by atoms with E-state index in [1.54, 1.807) is 22.8 Å². The molecule has 8 nitrogen and oxygen atoms in total. The van der Waals surface area contributed by atoms with Crippen molar-refractivity contribution in [2.75, 3.05) is 12.4 Å². The molecular formula is C21H22N4O4S2. The molecule has 2 N–H and O–H groups in total. The summed E-state index contributed by atoms with van der Waals surface area (Å²) in [4.78, 5) is 42.8. The number of urea groups is 1. The van der Waals surface area contributed by atoms with Crippen LogP contribution in [-0.4, -0.2) is 40.0 Å². The average Bonchev–Trinajstić information content (AvgIpc) is 3.47. The topological polar surface area (TPSA) is 102 Å². The van der Waals surface area contributed by atoms with Crippen LogP contribution in [0.15, 0.2) is 51.7 Å². The summed E-state index contributed by atoms with van der Waals surface area (Å²) in [6.45, 7) is 1.44. The zero-order chi connectivity index (χ0) is 21.6. The molecule has 1 aliphatic rings. The van der Waals surface area contributed by atoms with Gasteiger partial charge in [-0.3, -0.25) is 19.5 Å². The first kappa shape index (κ1) is 21.5. The second-order valence-electron chi connectivity index (χ2n) is 7.06. The molecular weight excluding hydrogens is 436 g/mol. The number of para-hydroxylation sites is 1. The maximum atomic E-state index is 13.0. The van der Waals surface area contributed by atoms with Gasteiger partial charge in [0.2, 0.25) is 5.91 Å². The lowest BCUT2D eigenvalue weighted by Crippen LogP contribution is -2.40. The molecule has 0 aliphatic carbocycles. The van der Waals surface area contributed by atoms with Crippen molar-refractivity contribution in [2.24, 2.45) is 0 Å². The van der Waals surface area contributed by atoms with E-state index in [0.717, 1.165) is 29.5 Å². The summed E-state index contributed by atoms with van der Waals surface area (Å²) in [6.07, 6.45) is 1.80. The number of imide groups is 1. The molecule has 1 fully saturated rings. The fraction of sp³-hybridized carbons (Fsp3) is 0.333. The van der Waals surface area contributed by atoms with E-state index in [4.69, 9.17) is 4.74 Å². The maximum absolute atomic E-state index is 13.0. The van der Waals surface area contributed by atoms with Crippen LogP contribution in [0.1, 0.15) is 17.7 Å². The summed E-state index contributed by atoms with van der Waals surface area (Å²) in [5.41, 5.74) is 0.422. The summed E-state index contributed by atoms with van der Waals surface area (Å²) < 4.78 is 7.26. The number of fused-ring (bicyclic) bond motifs is 1. The Balaban J connectivity index is 1.43. The van der Waals surface area contributed by atoms with Crippen LogP contribution in [-0.2, 0) is 22.6 Å². The fourth-order valence-corrected chi connectivity index (χ4v) is 4.78. The van der Waals surface area contributed by atoms with Crippen molar-refractivity contribution in [2.45, 2.75) is 37.2 Å². The summed E-state index contributed by atoms with van der Waals surface area (Å²) in [7, 11) is 0. The number of nitrogens with zero attached hydrogens (tertiary/aromatic N) is 2. The number of carbonyl (C=O) groups excluding carboxylic acids is 2. The number of ether oxygens (including phenoxy) is 1. The Morgan fingerprint density at radius 2 is 2.13 bits per heavy atom. The predicted molar refractivity (Wildman–Crippen MR) is 120 cm³/mol. The van der Waals surface area contributed by atoms with Crippen LogP contribution in [0.4, 0.5) is 4.79 Å². The molecule has 3 aromatic rings. The normalized spacial score (nSPS) is 15.8. The number of amides is 3. The molecule has 4 rings (SSSR count). The van der Waals surface area contributed by atoms with Gasteiger partial charge >= 0.3 is 6.03 Å². The molecule has 0 radical (unpaired) electrons. The number of rotatable bonds is 7. The number of nitrogens with one attached hydrogen (secondary N) is 2. The molecule has 162 valence electrons. The molecule has 3 amide bonds. The highest BCUT2D eigenvalue weighted by atomic mass is 32.2. The first-order chi connectivity index (χ1) is 15.1. The van der Waals surface area contributed by atoms with Gasteiger partial charge in [-0.2, -0.15) is 0 Å². The van der Waals surface area contributed by atoms with Crippen LogP contribution < -0.4 is 16.2 Å². The van der Waals surface area contributed by atoms with Gasteiger partial charge in [-0.05, 0) is 36.4 Å². The molecule has 1 aliphatic heterocycles. The van der Waals surface area contributed by atoms with Gasteiger partial charge in [0.05, 0.1) is 35.8 Å². The van der Waals surface area contributed by atoms with E-state index in [9.17, 15) is 14.4 Å². The highest BCUT2D eigenvalue weighted by Crippen LogP contribution is 2.21. The smallest absolute Gasteiger partial charge is 0.321 e. The Morgan fingerprint density at radius 1 is 1.26 bits per heavy atom. The minimum atomic E-state index is -0.554. The predicted octanol–water partition coefficient (Wildman–Crippen LogP) is 2.76. The van der Waals surface area contributed by atoms with Crippen LogP contribution in [0.25, 0.3) is 10.9 Å². The van der Waals surface area contributed by atoms with Gasteiger partial charge in [-0.1, -0.05) is 30.0 Å². The zero-order valence-electron chi connectivity index (χ0n) is 16.7. The van der Waals surface area contributed by atoms with Gasteiger partial charge < -0.3 is 10.1 Å². The highest BCUT2D eigenvalue weighted by molar-refractivity contribution is 7.99. The quantitative estimate of drug-likeness (QED) is 0.417. The lowest BCUT2D eigenvalue weighted by molar-refractivity contribution is -0.117. The molecule has 0 bridgehead atoms. The minimum Gasteiger partial charge on any atom is -0.376 e. The second-order valence-corrected chi connectivity index (χ2v) is 9.04. The third kappa shape index (κ3) is 5.52. The lowest BCUT2D eigenvalue weighted by atomic mass is 10.2. The summed E-state index contributed by atoms with van der Waals surface area (Å²) >= 11 is 2.66. The van der Waals surface area contributed by atoms with Gasteiger partial charge in [0, 0.05) is 11.5 Å². The highest BCUT2D eigenvalue weighted by Gasteiger charge is 2.21. The molecule has 0 saturated carbocycles. The van der Waals surface area contributed by atoms with E-state index >= 15 is 0 Å². The maximum Gasteiger partial charge on any atom is 0.321 e. The van der Waals surface area contributed by atoms with Gasteiger partial charge in [0.25, 0.3) is 5.56 Å². The number of benzene rings is 1. The Kier molecular flexibility index (Phi) is 7.00. The molecule has 31 heavy (non-hydrogen) atoms. The lowest BCUT2D eigenvalue weighted by Gasteiger charge is -2.16. The van der Waals surface area contributed by atoms with Crippen molar-refractivity contribution in [3.63, 3.8) is 0 Å². The van der Waals surface area contributed by atoms with Gasteiger partial charge in [-0.25, -0.2) is 9.78 Å². The Bertz CT molecular complexity index is 1120. The van der Waals surface area contributed by atoms with E-state index in [2.05, 4.69) is 15.6 Å². The standard InChI is InChI=1S/C21H22N4O4S2/c26-18(24-20(28)22-11-15-6-4-10-30-15)13-31-21-23-17-8-2-1-7-16(17)19(27)25(21)12-14-5-3-9-29-14/h1-2,4,6-8,10,14H,3,5,9,11-13H2,(H2,22,24,26,28). The average molecular weight is 459 g/mol. The van der Waals surface area contributed by atoms with Crippen molar-refractivity contribution in [3.8, 4) is 0 Å². The van der Waals surface area contributed by atoms with E-state index in [1.807, 2.05) is 23.6 Å². The third-order valence-electron chi connectivity index (χ3n) is 4.83. The van der Waals surface area contributed by atoms with E-state index in [0.29, 0.717) is 35.8 Å². The monoisotopic (exact) mass is 458 g/mol. The number of hydrogen-bond donors (Lipinski definition) is 2. The Hall–Kier alpha value is -2.69. The number of hydrogen-bond acceptors (Lipinski definition) is 7. The van der Waals surface area contributed by atoms with Gasteiger partial charge in [0.1, 0.15) is 0 Å². The van der Waals surface area contributed by atoms with E-state index in [-0.39, 0.29) is 17.4 Å². The summed E-state index contributed by atoms with van der Waals surface area (Å²) in [5, 5.41) is 7.85. The number of thioether (sulfide) groups is 1. The Morgan fingerprint density at radius 3 is 2.90 bits per heavy atom. The van der Waals surface area contributed by atoms with E-state index < -0.39 is 11.9 Å². The van der Waals surface area contributed by atoms with Crippen LogP contribution in [0.2, 0.25) is 0 Å². The molecule has 1 atom stereocenters. The van der Waals surface area contributed by atoms with Gasteiger partial charge in [0.15, 0.2) is 5.16 Å². The van der Waals surface area contributed by atoms with Crippen molar-refractivity contribution >= 4 is 45.9 Å². The number of thiophene rings is 1. The number of aromatic nitrogens is 2. The Labute approximate surface area is 187 Å². The number of carbonyl (C=O) groups is 2. The molecule has 2 aromatic heterocycles. The van der Waals surface area contributed by atoms with Crippen molar-refractivity contribution in [1.29, 1.82) is 0 Å². The molecule has 1 saturated heterocycles.